The Labute approximate surface area is 125 Å². The van der Waals surface area contributed by atoms with Crippen molar-refractivity contribution in [3.8, 4) is 0 Å². The standard InChI is InChI=1S/C19H20N2/c1-2-18(20)15-9-7-14(8-10-15)13-17-12-11-16-5-3-4-6-19(16)21-17/h3-12,18H,2,13,20H2,1H3. The Bertz CT molecular complexity index is 732. The topological polar surface area (TPSA) is 38.9 Å². The molecule has 0 aliphatic rings. The highest BCUT2D eigenvalue weighted by atomic mass is 14.7. The maximum Gasteiger partial charge on any atom is 0.0705 e. The fraction of sp³-hybridized carbons (Fsp3) is 0.211. The predicted molar refractivity (Wildman–Crippen MR) is 88.2 cm³/mol. The maximum absolute atomic E-state index is 6.05. The van der Waals surface area contributed by atoms with E-state index in [1.807, 2.05) is 12.1 Å². The minimum Gasteiger partial charge on any atom is -0.324 e. The molecular formula is C19H20N2. The first-order chi connectivity index (χ1) is 10.3. The van der Waals surface area contributed by atoms with Crippen LogP contribution >= 0.6 is 0 Å². The number of aromatic nitrogens is 1. The number of hydrogen-bond acceptors (Lipinski definition) is 2. The highest BCUT2D eigenvalue weighted by Gasteiger charge is 2.04. The van der Waals surface area contributed by atoms with Gasteiger partial charge in [0.05, 0.1) is 5.52 Å². The molecule has 0 amide bonds. The molecule has 106 valence electrons. The molecule has 2 aromatic carbocycles. The third kappa shape index (κ3) is 3.11. The van der Waals surface area contributed by atoms with E-state index in [2.05, 4.69) is 55.5 Å². The fourth-order valence-corrected chi connectivity index (χ4v) is 2.53. The van der Waals surface area contributed by atoms with Crippen molar-refractivity contribution in [3.63, 3.8) is 0 Å². The minimum atomic E-state index is 0.137. The molecule has 1 atom stereocenters. The molecule has 0 spiro atoms. The predicted octanol–water partition coefficient (Wildman–Crippen LogP) is 4.24. The third-order valence-corrected chi connectivity index (χ3v) is 3.89. The molecule has 0 fully saturated rings. The van der Waals surface area contributed by atoms with Crippen LogP contribution in [0.15, 0.2) is 60.7 Å². The van der Waals surface area contributed by atoms with E-state index in [1.165, 1.54) is 16.5 Å². The Balaban J connectivity index is 1.81. The summed E-state index contributed by atoms with van der Waals surface area (Å²) in [6, 6.07) is 21.2. The van der Waals surface area contributed by atoms with Crippen molar-refractivity contribution < 1.29 is 0 Å². The van der Waals surface area contributed by atoms with Crippen molar-refractivity contribution in [1.29, 1.82) is 0 Å². The second kappa shape index (κ2) is 6.06. The second-order valence-electron chi connectivity index (χ2n) is 5.43. The molecule has 0 aliphatic heterocycles. The Hall–Kier alpha value is -2.19. The van der Waals surface area contributed by atoms with E-state index in [0.29, 0.717) is 0 Å². The van der Waals surface area contributed by atoms with Crippen molar-refractivity contribution in [1.82, 2.24) is 4.98 Å². The summed E-state index contributed by atoms with van der Waals surface area (Å²) in [5.41, 5.74) is 10.7. The van der Waals surface area contributed by atoms with Gasteiger partial charge in [0.1, 0.15) is 0 Å². The van der Waals surface area contributed by atoms with Crippen LogP contribution in [0.5, 0.6) is 0 Å². The zero-order chi connectivity index (χ0) is 14.7. The van der Waals surface area contributed by atoms with E-state index in [-0.39, 0.29) is 6.04 Å². The Morgan fingerprint density at radius 2 is 1.71 bits per heavy atom. The highest BCUT2D eigenvalue weighted by Crippen LogP contribution is 2.17. The minimum absolute atomic E-state index is 0.137. The first-order valence-electron chi connectivity index (χ1n) is 7.45. The number of fused-ring (bicyclic) bond motifs is 1. The summed E-state index contributed by atoms with van der Waals surface area (Å²) in [5.74, 6) is 0. The van der Waals surface area contributed by atoms with Crippen LogP contribution in [0.4, 0.5) is 0 Å². The molecule has 1 heterocycles. The first kappa shape index (κ1) is 13.8. The molecule has 2 heteroatoms. The Morgan fingerprint density at radius 1 is 0.952 bits per heavy atom. The van der Waals surface area contributed by atoms with Crippen molar-refractivity contribution >= 4 is 10.9 Å². The van der Waals surface area contributed by atoms with Gasteiger partial charge in [0.2, 0.25) is 0 Å². The van der Waals surface area contributed by atoms with E-state index in [1.54, 1.807) is 0 Å². The molecule has 0 saturated heterocycles. The quantitative estimate of drug-likeness (QED) is 0.774. The summed E-state index contributed by atoms with van der Waals surface area (Å²) in [6.07, 6.45) is 1.82. The monoisotopic (exact) mass is 276 g/mol. The number of benzene rings is 2. The summed E-state index contributed by atoms with van der Waals surface area (Å²) >= 11 is 0. The van der Waals surface area contributed by atoms with Crippen LogP contribution < -0.4 is 5.73 Å². The number of nitrogens with zero attached hydrogens (tertiary/aromatic N) is 1. The van der Waals surface area contributed by atoms with Gasteiger partial charge in [-0.25, -0.2) is 0 Å². The number of nitrogens with two attached hydrogens (primary N) is 1. The van der Waals surface area contributed by atoms with Crippen molar-refractivity contribution in [2.24, 2.45) is 5.73 Å². The van der Waals surface area contributed by atoms with E-state index >= 15 is 0 Å². The molecular weight excluding hydrogens is 256 g/mol. The lowest BCUT2D eigenvalue weighted by Crippen LogP contribution is -2.08. The SMILES string of the molecule is CCC(N)c1ccc(Cc2ccc3ccccc3n2)cc1. The van der Waals surface area contributed by atoms with E-state index in [9.17, 15) is 0 Å². The average molecular weight is 276 g/mol. The fourth-order valence-electron chi connectivity index (χ4n) is 2.53. The van der Waals surface area contributed by atoms with Gasteiger partial charge in [-0.1, -0.05) is 55.5 Å². The van der Waals surface area contributed by atoms with Gasteiger partial charge in [-0.3, -0.25) is 4.98 Å². The third-order valence-electron chi connectivity index (χ3n) is 3.89. The smallest absolute Gasteiger partial charge is 0.0705 e. The van der Waals surface area contributed by atoms with Crippen LogP contribution in [0.1, 0.15) is 36.2 Å². The molecule has 0 aliphatic carbocycles. The van der Waals surface area contributed by atoms with Crippen LogP contribution in [-0.2, 0) is 6.42 Å². The van der Waals surface area contributed by atoms with Crippen LogP contribution in [0.25, 0.3) is 10.9 Å². The lowest BCUT2D eigenvalue weighted by molar-refractivity contribution is 0.698. The maximum atomic E-state index is 6.05. The summed E-state index contributed by atoms with van der Waals surface area (Å²) in [6.45, 7) is 2.11. The Kier molecular flexibility index (Phi) is 3.98. The zero-order valence-corrected chi connectivity index (χ0v) is 12.3. The second-order valence-corrected chi connectivity index (χ2v) is 5.43. The van der Waals surface area contributed by atoms with E-state index in [0.717, 1.165) is 24.1 Å². The zero-order valence-electron chi connectivity index (χ0n) is 12.3. The number of rotatable bonds is 4. The van der Waals surface area contributed by atoms with Gasteiger partial charge in [-0.15, -0.1) is 0 Å². The summed E-state index contributed by atoms with van der Waals surface area (Å²) in [4.78, 5) is 4.72. The largest absolute Gasteiger partial charge is 0.324 e. The lowest BCUT2D eigenvalue weighted by Gasteiger charge is -2.10. The summed E-state index contributed by atoms with van der Waals surface area (Å²) in [7, 11) is 0. The van der Waals surface area contributed by atoms with Gasteiger partial charge in [0.15, 0.2) is 0 Å². The molecule has 3 rings (SSSR count). The summed E-state index contributed by atoms with van der Waals surface area (Å²) < 4.78 is 0. The van der Waals surface area contributed by atoms with Crippen LogP contribution in [0.3, 0.4) is 0 Å². The van der Waals surface area contributed by atoms with Gasteiger partial charge in [0.25, 0.3) is 0 Å². The van der Waals surface area contributed by atoms with Crippen molar-refractivity contribution in [2.75, 3.05) is 0 Å². The van der Waals surface area contributed by atoms with Crippen LogP contribution in [0, 0.1) is 0 Å². The molecule has 3 aromatic rings. The van der Waals surface area contributed by atoms with Gasteiger partial charge >= 0.3 is 0 Å². The molecule has 2 nitrogen and oxygen atoms in total. The van der Waals surface area contributed by atoms with Gasteiger partial charge in [0, 0.05) is 23.5 Å². The first-order valence-corrected chi connectivity index (χ1v) is 7.45. The van der Waals surface area contributed by atoms with Gasteiger partial charge in [-0.05, 0) is 29.7 Å². The summed E-state index contributed by atoms with van der Waals surface area (Å²) in [5, 5.41) is 1.19. The molecule has 21 heavy (non-hydrogen) atoms. The molecule has 0 saturated carbocycles. The number of hydrogen-bond donors (Lipinski definition) is 1. The van der Waals surface area contributed by atoms with Gasteiger partial charge in [-0.2, -0.15) is 0 Å². The molecule has 1 unspecified atom stereocenters. The van der Waals surface area contributed by atoms with Crippen LogP contribution in [0.2, 0.25) is 0 Å². The Morgan fingerprint density at radius 3 is 2.48 bits per heavy atom. The number of para-hydroxylation sites is 1. The molecule has 1 aromatic heterocycles. The lowest BCUT2D eigenvalue weighted by atomic mass is 10.0. The van der Waals surface area contributed by atoms with Crippen molar-refractivity contribution in [2.45, 2.75) is 25.8 Å². The molecule has 0 bridgehead atoms. The van der Waals surface area contributed by atoms with E-state index in [4.69, 9.17) is 10.7 Å². The molecule has 0 radical (unpaired) electrons. The van der Waals surface area contributed by atoms with Gasteiger partial charge < -0.3 is 5.73 Å². The number of pyridine rings is 1. The van der Waals surface area contributed by atoms with Crippen molar-refractivity contribution in [3.05, 3.63) is 77.5 Å². The normalized spacial score (nSPS) is 12.5. The molecule has 2 N–H and O–H groups in total. The average Bonchev–Trinajstić information content (AvgIpc) is 2.55. The van der Waals surface area contributed by atoms with E-state index < -0.39 is 0 Å². The van der Waals surface area contributed by atoms with Crippen LogP contribution in [-0.4, -0.2) is 4.98 Å². The highest BCUT2D eigenvalue weighted by molar-refractivity contribution is 5.78.